The summed E-state index contributed by atoms with van der Waals surface area (Å²) in [6, 6.07) is 12.2. The summed E-state index contributed by atoms with van der Waals surface area (Å²) in [5, 5.41) is 0. The Morgan fingerprint density at radius 1 is 1.14 bits per heavy atom. The van der Waals surface area contributed by atoms with E-state index in [-0.39, 0.29) is 5.91 Å². The Balaban J connectivity index is 1.69. The van der Waals surface area contributed by atoms with Crippen molar-refractivity contribution < 1.29 is 14.3 Å². The molecule has 0 radical (unpaired) electrons. The van der Waals surface area contributed by atoms with Crippen molar-refractivity contribution in [3.05, 3.63) is 52.3 Å². The van der Waals surface area contributed by atoms with Gasteiger partial charge in [0.25, 0.3) is 5.91 Å². The molecule has 1 aliphatic heterocycles. The molecule has 0 N–H and O–H groups in total. The molecular weight excluding hydrogens is 404 g/mol. The van der Waals surface area contributed by atoms with Gasteiger partial charge in [-0.3, -0.25) is 4.79 Å². The molecule has 1 amide bonds. The van der Waals surface area contributed by atoms with E-state index in [0.717, 1.165) is 50.8 Å². The molecule has 4 rings (SSSR count). The summed E-state index contributed by atoms with van der Waals surface area (Å²) in [6.07, 6.45) is 3.38. The van der Waals surface area contributed by atoms with Gasteiger partial charge < -0.3 is 14.0 Å². The van der Waals surface area contributed by atoms with E-state index in [2.05, 4.69) is 34.9 Å². The minimum Gasteiger partial charge on any atom is -0.486 e. The maximum absolute atomic E-state index is 12.7. The summed E-state index contributed by atoms with van der Waals surface area (Å²) in [4.78, 5) is 17.9. The molecule has 0 spiro atoms. The predicted molar refractivity (Wildman–Crippen MR) is 119 cm³/mol. The Bertz CT molecular complexity index is 1080. The van der Waals surface area contributed by atoms with Crippen molar-refractivity contribution in [2.75, 3.05) is 25.2 Å². The molecule has 5 nitrogen and oxygen atoms in total. The highest BCUT2D eigenvalue weighted by Gasteiger charge is 2.16. The highest BCUT2D eigenvalue weighted by Crippen LogP contribution is 2.35. The number of carbonyl (C=O) groups is 1. The Hall–Kier alpha value is -2.25. The standard InChI is InChI=1S/C22H24N2O3S2/c1-3-15-4-6-16(7-5-15)12-21(25)23-22-24(8-11-28-2)17-13-18-19(14-20(17)29-22)27-10-9-26-18/h4-7,13-14H,3,8-12H2,1-2H3. The van der Waals surface area contributed by atoms with Gasteiger partial charge in [0.05, 0.1) is 16.6 Å². The largest absolute Gasteiger partial charge is 0.486 e. The first-order valence-electron chi connectivity index (χ1n) is 9.75. The van der Waals surface area contributed by atoms with Crippen LogP contribution in [0.15, 0.2) is 41.4 Å². The van der Waals surface area contributed by atoms with E-state index in [4.69, 9.17) is 9.47 Å². The fourth-order valence-electron chi connectivity index (χ4n) is 3.30. The van der Waals surface area contributed by atoms with Crippen LogP contribution in [0.25, 0.3) is 10.2 Å². The summed E-state index contributed by atoms with van der Waals surface area (Å²) >= 11 is 3.29. The summed E-state index contributed by atoms with van der Waals surface area (Å²) in [6.45, 7) is 4.03. The van der Waals surface area contributed by atoms with Crippen molar-refractivity contribution in [2.45, 2.75) is 26.3 Å². The first kappa shape index (κ1) is 20.0. The number of thioether (sulfide) groups is 1. The van der Waals surface area contributed by atoms with Gasteiger partial charge in [-0.2, -0.15) is 16.8 Å². The molecule has 1 aliphatic rings. The van der Waals surface area contributed by atoms with Gasteiger partial charge in [0.1, 0.15) is 13.2 Å². The molecule has 3 aromatic rings. The second-order valence-electron chi connectivity index (χ2n) is 6.85. The quantitative estimate of drug-likeness (QED) is 0.594. The molecule has 0 bridgehead atoms. The molecule has 29 heavy (non-hydrogen) atoms. The van der Waals surface area contributed by atoms with E-state index in [0.29, 0.717) is 19.6 Å². The van der Waals surface area contributed by atoms with Crippen molar-refractivity contribution in [2.24, 2.45) is 4.99 Å². The number of benzene rings is 2. The molecule has 7 heteroatoms. The second kappa shape index (κ2) is 9.05. The Morgan fingerprint density at radius 3 is 2.52 bits per heavy atom. The van der Waals surface area contributed by atoms with Crippen LogP contribution in [-0.2, 0) is 24.2 Å². The number of hydrogen-bond acceptors (Lipinski definition) is 5. The normalized spacial score (nSPS) is 13.8. The number of amides is 1. The highest BCUT2D eigenvalue weighted by molar-refractivity contribution is 7.98. The molecule has 0 fully saturated rings. The average molecular weight is 429 g/mol. The Kier molecular flexibility index (Phi) is 6.25. The summed E-state index contributed by atoms with van der Waals surface area (Å²) in [5.41, 5.74) is 3.29. The average Bonchev–Trinajstić information content (AvgIpc) is 3.06. The number of hydrogen-bond donors (Lipinski definition) is 0. The van der Waals surface area contributed by atoms with Crippen LogP contribution in [-0.4, -0.2) is 35.7 Å². The number of aromatic nitrogens is 1. The van der Waals surface area contributed by atoms with Gasteiger partial charge in [-0.1, -0.05) is 42.5 Å². The molecule has 1 aromatic heterocycles. The predicted octanol–water partition coefficient (Wildman–Crippen LogP) is 4.07. The van der Waals surface area contributed by atoms with Gasteiger partial charge in [0.2, 0.25) is 0 Å². The fourth-order valence-corrected chi connectivity index (χ4v) is 4.75. The lowest BCUT2D eigenvalue weighted by molar-refractivity contribution is -0.117. The van der Waals surface area contributed by atoms with Crippen LogP contribution >= 0.6 is 23.1 Å². The number of rotatable bonds is 6. The van der Waals surface area contributed by atoms with Crippen molar-refractivity contribution in [3.63, 3.8) is 0 Å². The van der Waals surface area contributed by atoms with Crippen molar-refractivity contribution in [1.82, 2.24) is 4.57 Å². The smallest absolute Gasteiger partial charge is 0.252 e. The monoisotopic (exact) mass is 428 g/mol. The first-order chi connectivity index (χ1) is 14.2. The van der Waals surface area contributed by atoms with E-state index in [1.54, 1.807) is 11.8 Å². The molecule has 0 saturated carbocycles. The zero-order valence-corrected chi connectivity index (χ0v) is 18.3. The summed E-state index contributed by atoms with van der Waals surface area (Å²) in [5.74, 6) is 2.33. The van der Waals surface area contributed by atoms with E-state index in [1.807, 2.05) is 24.3 Å². The number of ether oxygens (including phenoxy) is 2. The maximum atomic E-state index is 12.7. The number of aryl methyl sites for hydroxylation is 2. The first-order valence-corrected chi connectivity index (χ1v) is 12.0. The number of thiazole rings is 1. The van der Waals surface area contributed by atoms with Gasteiger partial charge in [-0.25, -0.2) is 0 Å². The zero-order chi connectivity index (χ0) is 20.2. The lowest BCUT2D eigenvalue weighted by Gasteiger charge is -2.18. The van der Waals surface area contributed by atoms with Crippen LogP contribution in [0.1, 0.15) is 18.1 Å². The van der Waals surface area contributed by atoms with Crippen molar-refractivity contribution in [3.8, 4) is 11.5 Å². The molecule has 0 aliphatic carbocycles. The van der Waals surface area contributed by atoms with Gasteiger partial charge in [-0.15, -0.1) is 0 Å². The second-order valence-corrected chi connectivity index (χ2v) is 8.84. The Labute approximate surface area is 178 Å². The van der Waals surface area contributed by atoms with Crippen LogP contribution in [0.5, 0.6) is 11.5 Å². The van der Waals surface area contributed by atoms with Crippen LogP contribution < -0.4 is 14.3 Å². The molecule has 152 valence electrons. The topological polar surface area (TPSA) is 52.8 Å². The van der Waals surface area contributed by atoms with Crippen LogP contribution in [0, 0.1) is 0 Å². The third-order valence-electron chi connectivity index (χ3n) is 4.87. The van der Waals surface area contributed by atoms with Crippen molar-refractivity contribution in [1.29, 1.82) is 0 Å². The van der Waals surface area contributed by atoms with E-state index >= 15 is 0 Å². The highest BCUT2D eigenvalue weighted by atomic mass is 32.2. The molecule has 0 atom stereocenters. The minimum atomic E-state index is -0.129. The third kappa shape index (κ3) is 4.51. The lowest BCUT2D eigenvalue weighted by atomic mass is 10.1. The number of nitrogens with zero attached hydrogens (tertiary/aromatic N) is 2. The van der Waals surface area contributed by atoms with E-state index in [1.165, 1.54) is 16.9 Å². The van der Waals surface area contributed by atoms with E-state index < -0.39 is 0 Å². The molecule has 0 saturated heterocycles. The molecule has 2 aromatic carbocycles. The van der Waals surface area contributed by atoms with Gasteiger partial charge >= 0.3 is 0 Å². The molecular formula is C22H24N2O3S2. The van der Waals surface area contributed by atoms with Crippen LogP contribution in [0.4, 0.5) is 0 Å². The van der Waals surface area contributed by atoms with Gasteiger partial charge in [0, 0.05) is 24.4 Å². The minimum absolute atomic E-state index is 0.129. The van der Waals surface area contributed by atoms with Crippen molar-refractivity contribution >= 4 is 39.2 Å². The third-order valence-corrected chi connectivity index (χ3v) is 6.50. The summed E-state index contributed by atoms with van der Waals surface area (Å²) in [7, 11) is 0. The number of fused-ring (bicyclic) bond motifs is 2. The van der Waals surface area contributed by atoms with Gasteiger partial charge in [-0.05, 0) is 23.8 Å². The van der Waals surface area contributed by atoms with Crippen LogP contribution in [0.2, 0.25) is 0 Å². The SMILES string of the molecule is CCc1ccc(CC(=O)N=c2sc3cc4c(cc3n2CCSC)OCCO4)cc1. The fraction of sp³-hybridized carbons (Fsp3) is 0.364. The zero-order valence-electron chi connectivity index (χ0n) is 16.6. The number of carbonyl (C=O) groups excluding carboxylic acids is 1. The maximum Gasteiger partial charge on any atom is 0.252 e. The van der Waals surface area contributed by atoms with Gasteiger partial charge in [0.15, 0.2) is 16.3 Å². The lowest BCUT2D eigenvalue weighted by Crippen LogP contribution is -2.19. The Morgan fingerprint density at radius 2 is 1.83 bits per heavy atom. The molecule has 2 heterocycles. The summed E-state index contributed by atoms with van der Waals surface area (Å²) < 4.78 is 14.6. The molecule has 0 unspecified atom stereocenters. The van der Waals surface area contributed by atoms with E-state index in [9.17, 15) is 4.79 Å². The van der Waals surface area contributed by atoms with Crippen LogP contribution in [0.3, 0.4) is 0 Å².